The summed E-state index contributed by atoms with van der Waals surface area (Å²) in [5.74, 6) is -1.92. The summed E-state index contributed by atoms with van der Waals surface area (Å²) in [6.07, 6.45) is 0.0554. The number of hydrogen-bond donors (Lipinski definition) is 1. The normalized spacial score (nSPS) is 10.4. The summed E-state index contributed by atoms with van der Waals surface area (Å²) < 4.78 is 9.73. The Morgan fingerprint density at radius 1 is 1.09 bits per heavy atom. The molecular formula is C22H19N3O7S. The highest BCUT2D eigenvalue weighted by molar-refractivity contribution is 7.09. The zero-order valence-electron chi connectivity index (χ0n) is 17.7. The number of anilines is 1. The quantitative estimate of drug-likeness (QED) is 0.299. The van der Waals surface area contributed by atoms with Crippen LogP contribution in [0, 0.1) is 17.0 Å². The van der Waals surface area contributed by atoms with E-state index in [1.807, 2.05) is 19.1 Å². The van der Waals surface area contributed by atoms with Gasteiger partial charge in [-0.25, -0.2) is 14.6 Å². The van der Waals surface area contributed by atoms with E-state index in [-0.39, 0.29) is 30.1 Å². The Bertz CT molecular complexity index is 1200. The molecule has 1 aromatic heterocycles. The Morgan fingerprint density at radius 2 is 1.76 bits per heavy atom. The van der Waals surface area contributed by atoms with Gasteiger partial charge in [0.2, 0.25) is 5.91 Å². The minimum atomic E-state index is -0.865. The van der Waals surface area contributed by atoms with Gasteiger partial charge < -0.3 is 14.8 Å². The van der Waals surface area contributed by atoms with Gasteiger partial charge in [-0.3, -0.25) is 14.9 Å². The molecule has 0 spiro atoms. The molecule has 0 aliphatic rings. The summed E-state index contributed by atoms with van der Waals surface area (Å²) >= 11 is 1.24. The van der Waals surface area contributed by atoms with Crippen molar-refractivity contribution in [1.29, 1.82) is 0 Å². The van der Waals surface area contributed by atoms with Crippen LogP contribution in [0.15, 0.2) is 47.8 Å². The number of amides is 1. The average Bonchev–Trinajstić information content (AvgIpc) is 3.25. The zero-order chi connectivity index (χ0) is 24.0. The molecule has 1 amide bonds. The van der Waals surface area contributed by atoms with Gasteiger partial charge in [-0.05, 0) is 25.1 Å². The number of thiazole rings is 1. The molecule has 0 saturated heterocycles. The number of nitro groups is 1. The highest BCUT2D eigenvalue weighted by Crippen LogP contribution is 2.20. The molecule has 0 saturated carbocycles. The van der Waals surface area contributed by atoms with Crippen LogP contribution in [0.3, 0.4) is 0 Å². The number of esters is 2. The molecule has 1 heterocycles. The average molecular weight is 469 g/mol. The van der Waals surface area contributed by atoms with Crippen molar-refractivity contribution in [2.24, 2.45) is 0 Å². The number of hydrogen-bond acceptors (Lipinski definition) is 9. The van der Waals surface area contributed by atoms with Crippen LogP contribution in [0.2, 0.25) is 0 Å². The number of carbonyl (C=O) groups excluding carboxylic acids is 3. The third-order valence-corrected chi connectivity index (χ3v) is 5.28. The van der Waals surface area contributed by atoms with Crippen molar-refractivity contribution in [3.63, 3.8) is 0 Å². The van der Waals surface area contributed by atoms with Crippen LogP contribution in [-0.4, -0.2) is 34.9 Å². The van der Waals surface area contributed by atoms with Crippen molar-refractivity contribution < 1.29 is 28.8 Å². The Kier molecular flexibility index (Phi) is 7.46. The summed E-state index contributed by atoms with van der Waals surface area (Å²) in [5, 5.41) is 16.1. The highest BCUT2D eigenvalue weighted by atomic mass is 32.1. The van der Waals surface area contributed by atoms with Crippen molar-refractivity contribution in [2.45, 2.75) is 20.0 Å². The number of aromatic nitrogens is 1. The van der Waals surface area contributed by atoms with Gasteiger partial charge in [-0.1, -0.05) is 17.7 Å². The lowest BCUT2D eigenvalue weighted by atomic mass is 10.1. The maximum Gasteiger partial charge on any atom is 0.338 e. The summed E-state index contributed by atoms with van der Waals surface area (Å²) in [6, 6.07) is 10.6. The molecule has 0 atom stereocenters. The van der Waals surface area contributed by atoms with E-state index in [0.29, 0.717) is 16.4 Å². The minimum Gasteiger partial charge on any atom is -0.465 e. The fourth-order valence-electron chi connectivity index (χ4n) is 2.77. The van der Waals surface area contributed by atoms with E-state index in [1.165, 1.54) is 11.3 Å². The number of rotatable bonds is 8. The Morgan fingerprint density at radius 3 is 2.39 bits per heavy atom. The second kappa shape index (κ2) is 10.5. The lowest BCUT2D eigenvalue weighted by molar-refractivity contribution is -0.384. The van der Waals surface area contributed by atoms with E-state index in [2.05, 4.69) is 15.0 Å². The molecule has 3 aromatic rings. The third kappa shape index (κ3) is 6.43. The van der Waals surface area contributed by atoms with Crippen LogP contribution in [-0.2, 0) is 27.3 Å². The number of benzene rings is 2. The number of nitro benzene ring substituents is 1. The van der Waals surface area contributed by atoms with Crippen LogP contribution in [0.4, 0.5) is 11.4 Å². The summed E-state index contributed by atoms with van der Waals surface area (Å²) in [7, 11) is 1.13. The first-order chi connectivity index (χ1) is 15.7. The van der Waals surface area contributed by atoms with Crippen LogP contribution < -0.4 is 5.32 Å². The van der Waals surface area contributed by atoms with Crippen molar-refractivity contribution in [1.82, 2.24) is 4.98 Å². The number of carbonyl (C=O) groups is 3. The standard InChI is InChI=1S/C22H19N3O7S/c1-13-3-5-16(6-4-13)23-19(26)10-20-24-17(12-33-20)11-32-22(28)15-7-14(21(27)31-2)8-18(9-15)25(29)30/h3-9,12H,10-11H2,1-2H3,(H,23,26). The lowest BCUT2D eigenvalue weighted by Crippen LogP contribution is -2.14. The number of methoxy groups -OCH3 is 1. The molecule has 0 fully saturated rings. The molecule has 10 nitrogen and oxygen atoms in total. The molecule has 3 rings (SSSR count). The van der Waals surface area contributed by atoms with Gasteiger partial charge in [0.15, 0.2) is 0 Å². The monoisotopic (exact) mass is 469 g/mol. The van der Waals surface area contributed by atoms with Crippen molar-refractivity contribution in [3.8, 4) is 0 Å². The second-order valence-electron chi connectivity index (χ2n) is 6.92. The number of nitrogens with one attached hydrogen (secondary N) is 1. The predicted octanol–water partition coefficient (Wildman–Crippen LogP) is 3.68. The summed E-state index contributed by atoms with van der Waals surface area (Å²) in [6.45, 7) is 1.75. The van der Waals surface area contributed by atoms with Gasteiger partial charge in [0, 0.05) is 23.2 Å². The zero-order valence-corrected chi connectivity index (χ0v) is 18.5. The largest absolute Gasteiger partial charge is 0.465 e. The van der Waals surface area contributed by atoms with Gasteiger partial charge in [0.1, 0.15) is 11.6 Å². The summed E-state index contributed by atoms with van der Waals surface area (Å²) in [5.41, 5.74) is 1.43. The second-order valence-corrected chi connectivity index (χ2v) is 7.86. The molecule has 0 aliphatic carbocycles. The topological polar surface area (TPSA) is 138 Å². The van der Waals surface area contributed by atoms with Crippen molar-refractivity contribution in [2.75, 3.05) is 12.4 Å². The van der Waals surface area contributed by atoms with E-state index in [4.69, 9.17) is 4.74 Å². The molecule has 11 heteroatoms. The molecular weight excluding hydrogens is 450 g/mol. The number of nitrogens with zero attached hydrogens (tertiary/aromatic N) is 2. The van der Waals surface area contributed by atoms with Crippen LogP contribution >= 0.6 is 11.3 Å². The Labute approximate surface area is 192 Å². The first-order valence-electron chi connectivity index (χ1n) is 9.60. The number of ether oxygens (including phenoxy) is 2. The summed E-state index contributed by atoms with van der Waals surface area (Å²) in [4.78, 5) is 51.0. The number of aryl methyl sites for hydroxylation is 1. The highest BCUT2D eigenvalue weighted by Gasteiger charge is 2.19. The molecule has 0 bridgehead atoms. The predicted molar refractivity (Wildman–Crippen MR) is 119 cm³/mol. The molecule has 33 heavy (non-hydrogen) atoms. The maximum atomic E-state index is 12.4. The Hall–Kier alpha value is -4.12. The number of non-ortho nitro benzene ring substituents is 1. The van der Waals surface area contributed by atoms with Crippen LogP contribution in [0.25, 0.3) is 0 Å². The fourth-order valence-corrected chi connectivity index (χ4v) is 3.55. The first kappa shape index (κ1) is 23.5. The maximum absolute atomic E-state index is 12.4. The van der Waals surface area contributed by atoms with Crippen molar-refractivity contribution in [3.05, 3.63) is 85.4 Å². The van der Waals surface area contributed by atoms with Crippen molar-refractivity contribution >= 4 is 40.6 Å². The van der Waals surface area contributed by atoms with E-state index in [0.717, 1.165) is 30.9 Å². The lowest BCUT2D eigenvalue weighted by Gasteiger charge is -2.06. The van der Waals surface area contributed by atoms with Gasteiger partial charge in [-0.2, -0.15) is 0 Å². The molecule has 1 N–H and O–H groups in total. The molecule has 2 aromatic carbocycles. The van der Waals surface area contributed by atoms with Gasteiger partial charge in [-0.15, -0.1) is 11.3 Å². The smallest absolute Gasteiger partial charge is 0.338 e. The fraction of sp³-hybridized carbons (Fsp3) is 0.182. The van der Waals surface area contributed by atoms with Gasteiger partial charge in [0.25, 0.3) is 5.69 Å². The van der Waals surface area contributed by atoms with E-state index in [9.17, 15) is 24.5 Å². The van der Waals surface area contributed by atoms with E-state index < -0.39 is 22.5 Å². The van der Waals surface area contributed by atoms with Gasteiger partial charge in [0.05, 0.1) is 35.3 Å². The van der Waals surface area contributed by atoms with Crippen LogP contribution in [0.1, 0.15) is 37.0 Å². The molecule has 0 unspecified atom stereocenters. The SMILES string of the molecule is COC(=O)c1cc(C(=O)OCc2csc(CC(=O)Nc3ccc(C)cc3)n2)cc([N+](=O)[O-])c1. The van der Waals surface area contributed by atoms with Gasteiger partial charge >= 0.3 is 11.9 Å². The minimum absolute atomic E-state index is 0.0554. The van der Waals surface area contributed by atoms with Crippen LogP contribution in [0.5, 0.6) is 0 Å². The first-order valence-corrected chi connectivity index (χ1v) is 10.5. The Balaban J connectivity index is 1.60. The third-order valence-electron chi connectivity index (χ3n) is 4.38. The molecule has 0 radical (unpaired) electrons. The van der Waals surface area contributed by atoms with E-state index in [1.54, 1.807) is 17.5 Å². The molecule has 0 aliphatic heterocycles. The van der Waals surface area contributed by atoms with E-state index >= 15 is 0 Å². The molecule has 170 valence electrons.